The summed E-state index contributed by atoms with van der Waals surface area (Å²) in [4.78, 5) is 30.7. The van der Waals surface area contributed by atoms with Crippen molar-refractivity contribution in [3.05, 3.63) is 56.9 Å². The third-order valence-electron chi connectivity index (χ3n) is 4.94. The van der Waals surface area contributed by atoms with Crippen LogP contribution in [0.5, 0.6) is 0 Å². The Morgan fingerprint density at radius 3 is 2.48 bits per heavy atom. The molecular weight excluding hydrogens is 430 g/mol. The molecule has 1 aromatic carbocycles. The molecule has 0 atom stereocenters. The fourth-order valence-electron chi connectivity index (χ4n) is 3.17. The molecule has 0 saturated heterocycles. The number of nitrogens with one attached hydrogen (secondary N) is 1. The summed E-state index contributed by atoms with van der Waals surface area (Å²) in [7, 11) is 0. The number of anilines is 1. The van der Waals surface area contributed by atoms with E-state index in [9.17, 15) is 9.59 Å². The first-order valence-electron chi connectivity index (χ1n) is 10.0. The maximum absolute atomic E-state index is 13.2. The normalized spacial score (nSPS) is 11.5. The Morgan fingerprint density at radius 1 is 1.10 bits per heavy atom. The highest BCUT2D eigenvalue weighted by Gasteiger charge is 2.16. The van der Waals surface area contributed by atoms with Crippen molar-refractivity contribution in [2.24, 2.45) is 0 Å². The van der Waals surface area contributed by atoms with Crippen LogP contribution in [-0.2, 0) is 11.3 Å². The Bertz CT molecular complexity index is 1290. The van der Waals surface area contributed by atoms with E-state index >= 15 is 0 Å². The topological polar surface area (TPSA) is 89.8 Å². The molecule has 0 aliphatic rings. The van der Waals surface area contributed by atoms with Gasteiger partial charge < -0.3 is 0 Å². The third kappa shape index (κ3) is 4.42. The summed E-state index contributed by atoms with van der Waals surface area (Å²) in [5.74, 6) is 0.340. The Morgan fingerprint density at radius 2 is 1.84 bits per heavy atom. The number of benzene rings is 1. The molecule has 160 valence electrons. The summed E-state index contributed by atoms with van der Waals surface area (Å²) in [6.45, 7) is 8.19. The van der Waals surface area contributed by atoms with E-state index < -0.39 is 0 Å². The van der Waals surface area contributed by atoms with E-state index in [1.165, 1.54) is 39.1 Å². The quantitative estimate of drug-likeness (QED) is 0.450. The van der Waals surface area contributed by atoms with E-state index in [4.69, 9.17) is 0 Å². The van der Waals surface area contributed by atoms with Gasteiger partial charge in [-0.3, -0.25) is 19.5 Å². The van der Waals surface area contributed by atoms with Crippen LogP contribution in [0.3, 0.4) is 0 Å². The molecule has 0 fully saturated rings. The van der Waals surface area contributed by atoms with Crippen molar-refractivity contribution >= 4 is 43.9 Å². The number of nitrogens with zero attached hydrogens (tertiary/aromatic N) is 4. The number of carbonyl (C=O) groups is 1. The first-order valence-corrected chi connectivity index (χ1v) is 11.7. The number of thiophene rings is 1. The minimum Gasteiger partial charge on any atom is -0.299 e. The van der Waals surface area contributed by atoms with Gasteiger partial charge in [0.1, 0.15) is 16.4 Å². The molecule has 4 aromatic rings. The van der Waals surface area contributed by atoms with Crippen LogP contribution in [0, 0.1) is 0 Å². The third-order valence-corrected chi connectivity index (χ3v) is 6.97. The zero-order chi connectivity index (χ0) is 22.1. The summed E-state index contributed by atoms with van der Waals surface area (Å²) in [5.41, 5.74) is 2.82. The summed E-state index contributed by atoms with van der Waals surface area (Å²) in [5, 5.41) is 14.5. The largest absolute Gasteiger partial charge is 0.299 e. The van der Waals surface area contributed by atoms with Crippen LogP contribution in [-0.4, -0.2) is 25.7 Å². The Kier molecular flexibility index (Phi) is 5.97. The van der Waals surface area contributed by atoms with Gasteiger partial charge in [0.25, 0.3) is 5.56 Å². The molecule has 0 unspecified atom stereocenters. The molecule has 31 heavy (non-hydrogen) atoms. The van der Waals surface area contributed by atoms with E-state index in [2.05, 4.69) is 46.5 Å². The van der Waals surface area contributed by atoms with E-state index in [0.29, 0.717) is 21.3 Å². The Labute approximate surface area is 187 Å². The van der Waals surface area contributed by atoms with Crippen LogP contribution in [0.4, 0.5) is 5.13 Å². The molecule has 3 heterocycles. The number of hydrogen-bond acceptors (Lipinski definition) is 7. The van der Waals surface area contributed by atoms with E-state index in [1.807, 2.05) is 31.4 Å². The molecule has 0 aliphatic heterocycles. The van der Waals surface area contributed by atoms with Gasteiger partial charge in [-0.1, -0.05) is 63.3 Å². The van der Waals surface area contributed by atoms with Crippen molar-refractivity contribution in [2.75, 3.05) is 5.32 Å². The summed E-state index contributed by atoms with van der Waals surface area (Å²) < 4.78 is 1.33. The Balaban J connectivity index is 1.60. The molecule has 7 nitrogen and oxygen atoms in total. The van der Waals surface area contributed by atoms with Crippen LogP contribution >= 0.6 is 22.7 Å². The fraction of sp³-hybridized carbons (Fsp3) is 0.318. The number of carbonyl (C=O) groups excluding carboxylic acids is 1. The molecule has 1 N–H and O–H groups in total. The monoisotopic (exact) mass is 453 g/mol. The highest BCUT2D eigenvalue weighted by molar-refractivity contribution is 7.17. The predicted octanol–water partition coefficient (Wildman–Crippen LogP) is 4.86. The molecule has 0 radical (unpaired) electrons. The lowest BCUT2D eigenvalue weighted by Crippen LogP contribution is -2.27. The van der Waals surface area contributed by atoms with Gasteiger partial charge in [0.05, 0.1) is 11.7 Å². The van der Waals surface area contributed by atoms with Crippen molar-refractivity contribution in [1.29, 1.82) is 0 Å². The Hall–Kier alpha value is -2.91. The number of fused-ring (bicyclic) bond motifs is 1. The van der Waals surface area contributed by atoms with Gasteiger partial charge in [0.2, 0.25) is 11.0 Å². The van der Waals surface area contributed by atoms with E-state index in [0.717, 1.165) is 16.1 Å². The van der Waals surface area contributed by atoms with Crippen molar-refractivity contribution in [3.8, 4) is 11.1 Å². The van der Waals surface area contributed by atoms with Gasteiger partial charge in [-0.2, -0.15) is 0 Å². The highest BCUT2D eigenvalue weighted by atomic mass is 32.1. The second-order valence-corrected chi connectivity index (χ2v) is 9.80. The molecule has 0 spiro atoms. The van der Waals surface area contributed by atoms with Crippen molar-refractivity contribution in [2.45, 2.75) is 46.1 Å². The van der Waals surface area contributed by atoms with Crippen molar-refractivity contribution < 1.29 is 4.79 Å². The second kappa shape index (κ2) is 8.68. The number of hydrogen-bond donors (Lipinski definition) is 1. The van der Waals surface area contributed by atoms with Gasteiger partial charge in [0, 0.05) is 16.9 Å². The lowest BCUT2D eigenvalue weighted by molar-refractivity contribution is -0.116. The minimum absolute atomic E-state index is 0.139. The molecule has 0 saturated carbocycles. The number of rotatable bonds is 6. The van der Waals surface area contributed by atoms with Gasteiger partial charge >= 0.3 is 0 Å². The lowest BCUT2D eigenvalue weighted by Gasteiger charge is -2.08. The van der Waals surface area contributed by atoms with Gasteiger partial charge in [-0.25, -0.2) is 4.98 Å². The summed E-state index contributed by atoms with van der Waals surface area (Å²) in [6.07, 6.45) is 1.42. The lowest BCUT2D eigenvalue weighted by atomic mass is 9.99. The van der Waals surface area contributed by atoms with E-state index in [-0.39, 0.29) is 23.9 Å². The highest BCUT2D eigenvalue weighted by Crippen LogP contribution is 2.31. The molecule has 1 amide bonds. The summed E-state index contributed by atoms with van der Waals surface area (Å²) >= 11 is 2.76. The SMILES string of the molecule is CC(C)c1ccc(-c2csc3ncn(CC(=O)Nc4nnc(C(C)C)s4)c(=O)c23)cc1. The molecular formula is C22H23N5O2S2. The van der Waals surface area contributed by atoms with Gasteiger partial charge in [-0.15, -0.1) is 21.5 Å². The molecule has 3 aromatic heterocycles. The van der Waals surface area contributed by atoms with Crippen LogP contribution in [0.25, 0.3) is 21.3 Å². The summed E-state index contributed by atoms with van der Waals surface area (Å²) in [6, 6.07) is 8.23. The molecule has 0 bridgehead atoms. The van der Waals surface area contributed by atoms with E-state index in [1.54, 1.807) is 0 Å². The van der Waals surface area contributed by atoms with Crippen LogP contribution in [0.15, 0.2) is 40.8 Å². The standard InChI is InChI=1S/C22H23N5O2S2/c1-12(2)14-5-7-15(8-6-14)16-10-30-20-18(16)21(29)27(11-23-20)9-17(28)24-22-26-25-19(31-22)13(3)4/h5-8,10-13H,9H2,1-4H3,(H,24,26,28). The average Bonchev–Trinajstić information content (AvgIpc) is 3.38. The predicted molar refractivity (Wildman–Crippen MR) is 126 cm³/mol. The number of aromatic nitrogens is 4. The van der Waals surface area contributed by atoms with Crippen LogP contribution in [0.2, 0.25) is 0 Å². The zero-order valence-electron chi connectivity index (χ0n) is 17.7. The molecule has 9 heteroatoms. The van der Waals surface area contributed by atoms with Gasteiger partial charge in [-0.05, 0) is 17.0 Å². The van der Waals surface area contributed by atoms with Crippen LogP contribution < -0.4 is 10.9 Å². The minimum atomic E-state index is -0.340. The smallest absolute Gasteiger partial charge is 0.263 e. The maximum Gasteiger partial charge on any atom is 0.263 e. The average molecular weight is 454 g/mol. The number of amides is 1. The molecule has 0 aliphatic carbocycles. The molecule has 4 rings (SSSR count). The van der Waals surface area contributed by atoms with Crippen molar-refractivity contribution in [3.63, 3.8) is 0 Å². The van der Waals surface area contributed by atoms with Crippen molar-refractivity contribution in [1.82, 2.24) is 19.7 Å². The first kappa shape index (κ1) is 21.3. The fourth-order valence-corrected chi connectivity index (χ4v) is 4.84. The van der Waals surface area contributed by atoms with Gasteiger partial charge in [0.15, 0.2) is 0 Å². The maximum atomic E-state index is 13.2. The van der Waals surface area contributed by atoms with Crippen LogP contribution in [0.1, 0.15) is 50.1 Å². The zero-order valence-corrected chi connectivity index (χ0v) is 19.4. The second-order valence-electron chi connectivity index (χ2n) is 7.93. The first-order chi connectivity index (χ1) is 14.8.